The Hall–Kier alpha value is -1.18. The van der Waals surface area contributed by atoms with Crippen molar-refractivity contribution >= 4 is 17.4 Å². The van der Waals surface area contributed by atoms with E-state index in [1.807, 2.05) is 12.3 Å². The molecule has 1 aromatic carbocycles. The summed E-state index contributed by atoms with van der Waals surface area (Å²) in [5, 5.41) is 8.74. The molecule has 3 nitrogen and oxygen atoms in total. The Kier molecular flexibility index (Phi) is 2.97. The van der Waals surface area contributed by atoms with Gasteiger partial charge < -0.3 is 5.43 Å². The zero-order valence-corrected chi connectivity index (χ0v) is 7.48. The van der Waals surface area contributed by atoms with Gasteiger partial charge >= 0.3 is 0 Å². The van der Waals surface area contributed by atoms with Gasteiger partial charge in [-0.05, 0) is 18.4 Å². The topological polar surface area (TPSA) is 61.8 Å². The molecule has 62 valence electrons. The molecule has 12 heavy (non-hydrogen) atoms. The van der Waals surface area contributed by atoms with E-state index in [0.717, 1.165) is 10.6 Å². The molecule has 0 amide bonds. The van der Waals surface area contributed by atoms with Crippen LogP contribution in [-0.2, 0) is 0 Å². The lowest BCUT2D eigenvalue weighted by Crippen LogP contribution is -2.08. The van der Waals surface area contributed by atoms with Crippen LogP contribution in [0.4, 0.5) is 5.69 Å². The Morgan fingerprint density at radius 1 is 1.58 bits per heavy atom. The lowest BCUT2D eigenvalue weighted by atomic mass is 10.2. The molecular formula is C8H9N3S. The number of benzene rings is 1. The molecule has 0 aromatic heterocycles. The number of rotatable bonds is 2. The van der Waals surface area contributed by atoms with Crippen molar-refractivity contribution < 1.29 is 0 Å². The summed E-state index contributed by atoms with van der Waals surface area (Å²) in [6.45, 7) is 0. The highest BCUT2D eigenvalue weighted by atomic mass is 32.2. The van der Waals surface area contributed by atoms with Gasteiger partial charge in [0, 0.05) is 4.90 Å². The van der Waals surface area contributed by atoms with Crippen molar-refractivity contribution in [2.75, 3.05) is 11.7 Å². The van der Waals surface area contributed by atoms with Gasteiger partial charge in [0.15, 0.2) is 0 Å². The van der Waals surface area contributed by atoms with E-state index in [4.69, 9.17) is 11.1 Å². The summed E-state index contributed by atoms with van der Waals surface area (Å²) in [5.74, 6) is 5.28. The molecule has 0 aliphatic heterocycles. The molecule has 0 unspecified atom stereocenters. The molecule has 0 atom stereocenters. The minimum absolute atomic E-state index is 0.651. The molecule has 1 rings (SSSR count). The van der Waals surface area contributed by atoms with Crippen LogP contribution in [0.1, 0.15) is 5.56 Å². The summed E-state index contributed by atoms with van der Waals surface area (Å²) < 4.78 is 0. The molecule has 3 N–H and O–H groups in total. The third-order valence-corrected chi connectivity index (χ3v) is 2.34. The number of anilines is 1. The number of nitrogens with two attached hydrogens (primary N) is 1. The number of nitriles is 1. The highest BCUT2D eigenvalue weighted by Gasteiger charge is 2.04. The van der Waals surface area contributed by atoms with Gasteiger partial charge in [-0.1, -0.05) is 6.07 Å². The van der Waals surface area contributed by atoms with E-state index in [1.165, 1.54) is 11.8 Å². The monoisotopic (exact) mass is 179 g/mol. The fourth-order valence-corrected chi connectivity index (χ4v) is 1.64. The van der Waals surface area contributed by atoms with Gasteiger partial charge in [0.25, 0.3) is 0 Å². The molecule has 0 heterocycles. The molecule has 1 aromatic rings. The van der Waals surface area contributed by atoms with Gasteiger partial charge in [0.2, 0.25) is 0 Å². The van der Waals surface area contributed by atoms with Crippen molar-refractivity contribution in [1.29, 1.82) is 5.26 Å². The first-order chi connectivity index (χ1) is 5.83. The molecule has 0 fully saturated rings. The minimum atomic E-state index is 0.651. The van der Waals surface area contributed by atoms with Crippen LogP contribution < -0.4 is 11.3 Å². The highest BCUT2D eigenvalue weighted by Crippen LogP contribution is 2.27. The maximum absolute atomic E-state index is 8.74. The SMILES string of the molecule is CSc1c(C#N)cccc1NN. The van der Waals surface area contributed by atoms with Crippen molar-refractivity contribution in [2.45, 2.75) is 4.90 Å². The average Bonchev–Trinajstić information content (AvgIpc) is 2.16. The number of hydrazine groups is 1. The van der Waals surface area contributed by atoms with Gasteiger partial charge in [-0.25, -0.2) is 0 Å². The first-order valence-electron chi connectivity index (χ1n) is 3.37. The number of hydrogen-bond acceptors (Lipinski definition) is 4. The molecule has 0 aliphatic rings. The normalized spacial score (nSPS) is 9.08. The maximum atomic E-state index is 8.74. The second-order valence-corrected chi connectivity index (χ2v) is 2.96. The third kappa shape index (κ3) is 1.52. The van der Waals surface area contributed by atoms with Crippen molar-refractivity contribution in [3.63, 3.8) is 0 Å². The molecule has 0 spiro atoms. The van der Waals surface area contributed by atoms with Crippen LogP contribution in [0.15, 0.2) is 23.1 Å². The van der Waals surface area contributed by atoms with Gasteiger partial charge in [-0.3, -0.25) is 5.84 Å². The number of nitrogens with zero attached hydrogens (tertiary/aromatic N) is 1. The minimum Gasteiger partial charge on any atom is -0.323 e. The smallest absolute Gasteiger partial charge is 0.100 e. The van der Waals surface area contributed by atoms with E-state index >= 15 is 0 Å². The third-order valence-electron chi connectivity index (χ3n) is 1.50. The molecule has 0 saturated carbocycles. The summed E-state index contributed by atoms with van der Waals surface area (Å²) in [6.07, 6.45) is 1.91. The fourth-order valence-electron chi connectivity index (χ4n) is 0.959. The number of nitrogens with one attached hydrogen (secondary N) is 1. The highest BCUT2D eigenvalue weighted by molar-refractivity contribution is 7.98. The fraction of sp³-hybridized carbons (Fsp3) is 0.125. The first kappa shape index (κ1) is 8.91. The van der Waals surface area contributed by atoms with E-state index in [-0.39, 0.29) is 0 Å². The Bertz CT molecular complexity index is 317. The lowest BCUT2D eigenvalue weighted by Gasteiger charge is -2.06. The van der Waals surface area contributed by atoms with E-state index < -0.39 is 0 Å². The Morgan fingerprint density at radius 3 is 2.83 bits per heavy atom. The summed E-state index contributed by atoms with van der Waals surface area (Å²) in [4.78, 5) is 0.891. The molecule has 0 saturated heterocycles. The van der Waals surface area contributed by atoms with E-state index in [1.54, 1.807) is 12.1 Å². The van der Waals surface area contributed by atoms with E-state index in [9.17, 15) is 0 Å². The second-order valence-electron chi connectivity index (χ2n) is 2.14. The predicted molar refractivity (Wildman–Crippen MR) is 50.7 cm³/mol. The zero-order valence-electron chi connectivity index (χ0n) is 6.66. The Balaban J connectivity index is 3.24. The first-order valence-corrected chi connectivity index (χ1v) is 4.59. The molecule has 0 aliphatic carbocycles. The van der Waals surface area contributed by atoms with Gasteiger partial charge in [-0.15, -0.1) is 11.8 Å². The molecule has 0 radical (unpaired) electrons. The van der Waals surface area contributed by atoms with Crippen molar-refractivity contribution in [3.05, 3.63) is 23.8 Å². The van der Waals surface area contributed by atoms with Crippen LogP contribution in [0.25, 0.3) is 0 Å². The van der Waals surface area contributed by atoms with Crippen LogP contribution in [-0.4, -0.2) is 6.26 Å². The van der Waals surface area contributed by atoms with Crippen LogP contribution in [0, 0.1) is 11.3 Å². The number of hydrogen-bond donors (Lipinski definition) is 2. The number of nitrogen functional groups attached to an aromatic ring is 1. The Morgan fingerprint density at radius 2 is 2.33 bits per heavy atom. The summed E-state index contributed by atoms with van der Waals surface area (Å²) in [5.41, 5.74) is 3.99. The van der Waals surface area contributed by atoms with E-state index in [0.29, 0.717) is 5.56 Å². The van der Waals surface area contributed by atoms with Crippen LogP contribution >= 0.6 is 11.8 Å². The van der Waals surface area contributed by atoms with Gasteiger partial charge in [0.05, 0.1) is 11.3 Å². The van der Waals surface area contributed by atoms with Crippen LogP contribution in [0.2, 0.25) is 0 Å². The summed E-state index contributed by atoms with van der Waals surface area (Å²) in [6, 6.07) is 7.51. The molecular weight excluding hydrogens is 170 g/mol. The van der Waals surface area contributed by atoms with Crippen LogP contribution in [0.3, 0.4) is 0 Å². The van der Waals surface area contributed by atoms with Crippen molar-refractivity contribution in [2.24, 2.45) is 5.84 Å². The lowest BCUT2D eigenvalue weighted by molar-refractivity contribution is 1.27. The molecule has 4 heteroatoms. The molecule has 0 bridgehead atoms. The average molecular weight is 179 g/mol. The van der Waals surface area contributed by atoms with Crippen molar-refractivity contribution in [3.8, 4) is 6.07 Å². The Labute approximate surface area is 75.5 Å². The van der Waals surface area contributed by atoms with Gasteiger partial charge in [-0.2, -0.15) is 5.26 Å². The summed E-state index contributed by atoms with van der Waals surface area (Å²) >= 11 is 1.51. The maximum Gasteiger partial charge on any atom is 0.100 e. The van der Waals surface area contributed by atoms with Gasteiger partial charge in [0.1, 0.15) is 6.07 Å². The quantitative estimate of drug-likeness (QED) is 0.411. The van der Waals surface area contributed by atoms with Crippen molar-refractivity contribution in [1.82, 2.24) is 0 Å². The van der Waals surface area contributed by atoms with E-state index in [2.05, 4.69) is 11.5 Å². The number of thioether (sulfide) groups is 1. The second kappa shape index (κ2) is 4.00. The largest absolute Gasteiger partial charge is 0.323 e. The predicted octanol–water partition coefficient (Wildman–Crippen LogP) is 1.57. The summed E-state index contributed by atoms with van der Waals surface area (Å²) in [7, 11) is 0. The zero-order chi connectivity index (χ0) is 8.97. The van der Waals surface area contributed by atoms with Crippen LogP contribution in [0.5, 0.6) is 0 Å². The standard InChI is InChI=1S/C8H9N3S/c1-12-8-6(5-9)3-2-4-7(8)11-10/h2-4,11H,10H2,1H3.